The van der Waals surface area contributed by atoms with Crippen LogP contribution in [-0.2, 0) is 16.6 Å². The van der Waals surface area contributed by atoms with Crippen molar-refractivity contribution in [1.82, 2.24) is 25.3 Å². The largest absolute Gasteiger partial charge is 0.352 e. The van der Waals surface area contributed by atoms with E-state index in [0.717, 1.165) is 12.1 Å². The molecule has 22 heavy (non-hydrogen) atoms. The molecule has 122 valence electrons. The lowest BCUT2D eigenvalue weighted by molar-refractivity contribution is -0.138. The summed E-state index contributed by atoms with van der Waals surface area (Å²) in [7, 11) is 3.55. The van der Waals surface area contributed by atoms with Crippen LogP contribution >= 0.6 is 0 Å². The lowest BCUT2D eigenvalue weighted by atomic mass is 9.90. The Labute approximate surface area is 131 Å². The Hall–Kier alpha value is -1.89. The Kier molecular flexibility index (Phi) is 5.18. The van der Waals surface area contributed by atoms with Gasteiger partial charge in [-0.15, -0.1) is 0 Å². The van der Waals surface area contributed by atoms with Crippen LogP contribution in [0.3, 0.4) is 0 Å². The van der Waals surface area contributed by atoms with Crippen LogP contribution in [-0.4, -0.2) is 59.2 Å². The first kappa shape index (κ1) is 16.5. The number of aryl methyl sites for hydroxylation is 1. The molecule has 0 unspecified atom stereocenters. The standard InChI is InChI=1S/C15H25N5O2/c1-10(2)18-14(21)9-19(3)15(22)13-7-16-6-12(13)11-5-17-20(4)8-11/h5,8,10,12-13,16H,6-7,9H2,1-4H3,(H,18,21)/t12-,13+/m1/s1. The molecular formula is C15H25N5O2. The molecule has 2 heterocycles. The molecule has 0 bridgehead atoms. The molecule has 1 aliphatic rings. The van der Waals surface area contributed by atoms with Gasteiger partial charge in [0.25, 0.3) is 0 Å². The molecule has 0 spiro atoms. The molecule has 0 aromatic carbocycles. The first-order chi connectivity index (χ1) is 10.4. The quantitative estimate of drug-likeness (QED) is 0.783. The van der Waals surface area contributed by atoms with Crippen molar-refractivity contribution in [2.45, 2.75) is 25.8 Å². The van der Waals surface area contributed by atoms with Crippen LogP contribution < -0.4 is 10.6 Å². The van der Waals surface area contributed by atoms with E-state index in [4.69, 9.17) is 0 Å². The number of carbonyl (C=O) groups is 2. The Morgan fingerprint density at radius 1 is 1.50 bits per heavy atom. The van der Waals surface area contributed by atoms with E-state index in [0.29, 0.717) is 6.54 Å². The Bertz CT molecular complexity index is 540. The maximum absolute atomic E-state index is 12.6. The summed E-state index contributed by atoms with van der Waals surface area (Å²) in [6, 6.07) is 0.0762. The van der Waals surface area contributed by atoms with Crippen LogP contribution in [0.5, 0.6) is 0 Å². The van der Waals surface area contributed by atoms with Gasteiger partial charge in [0.1, 0.15) is 0 Å². The van der Waals surface area contributed by atoms with Gasteiger partial charge in [-0.05, 0) is 19.4 Å². The number of likely N-dealkylation sites (N-methyl/N-ethyl adjacent to an activating group) is 1. The van der Waals surface area contributed by atoms with E-state index < -0.39 is 0 Å². The average molecular weight is 307 g/mol. The van der Waals surface area contributed by atoms with Crippen LogP contribution in [0, 0.1) is 5.92 Å². The normalized spacial score (nSPS) is 21.1. The summed E-state index contributed by atoms with van der Waals surface area (Å²) >= 11 is 0. The molecule has 2 atom stereocenters. The highest BCUT2D eigenvalue weighted by atomic mass is 16.2. The van der Waals surface area contributed by atoms with Gasteiger partial charge in [-0.2, -0.15) is 5.10 Å². The highest BCUT2D eigenvalue weighted by Gasteiger charge is 2.36. The van der Waals surface area contributed by atoms with Crippen molar-refractivity contribution in [2.24, 2.45) is 13.0 Å². The van der Waals surface area contributed by atoms with E-state index in [9.17, 15) is 9.59 Å². The van der Waals surface area contributed by atoms with Crippen LogP contribution in [0.2, 0.25) is 0 Å². The van der Waals surface area contributed by atoms with E-state index >= 15 is 0 Å². The van der Waals surface area contributed by atoms with Gasteiger partial charge in [-0.25, -0.2) is 0 Å². The molecule has 1 aromatic rings. The lowest BCUT2D eigenvalue weighted by Gasteiger charge is -2.24. The molecule has 0 radical (unpaired) electrons. The number of carbonyl (C=O) groups excluding carboxylic acids is 2. The van der Waals surface area contributed by atoms with Gasteiger partial charge in [0.05, 0.1) is 18.7 Å². The van der Waals surface area contributed by atoms with E-state index in [1.54, 1.807) is 11.7 Å². The summed E-state index contributed by atoms with van der Waals surface area (Å²) in [5, 5.41) is 10.3. The fourth-order valence-corrected chi connectivity index (χ4v) is 2.86. The molecule has 0 aliphatic carbocycles. The molecule has 7 heteroatoms. The van der Waals surface area contributed by atoms with Crippen molar-refractivity contribution in [3.8, 4) is 0 Å². The molecule has 2 N–H and O–H groups in total. The minimum absolute atomic E-state index is 0.00207. The first-order valence-corrected chi connectivity index (χ1v) is 7.62. The number of hydrogen-bond donors (Lipinski definition) is 2. The number of hydrogen-bond acceptors (Lipinski definition) is 4. The van der Waals surface area contributed by atoms with Crippen LogP contribution in [0.15, 0.2) is 12.4 Å². The minimum atomic E-state index is -0.152. The number of rotatable bonds is 5. The number of aromatic nitrogens is 2. The Balaban J connectivity index is 2.00. The molecule has 2 rings (SSSR count). The van der Waals surface area contributed by atoms with Crippen LogP contribution in [0.4, 0.5) is 0 Å². The minimum Gasteiger partial charge on any atom is -0.352 e. The second-order valence-electron chi connectivity index (χ2n) is 6.24. The number of amides is 2. The summed E-state index contributed by atoms with van der Waals surface area (Å²) in [5.41, 5.74) is 1.06. The van der Waals surface area contributed by atoms with Crippen molar-refractivity contribution in [3.63, 3.8) is 0 Å². The van der Waals surface area contributed by atoms with E-state index in [1.807, 2.05) is 33.3 Å². The second-order valence-corrected chi connectivity index (χ2v) is 6.24. The second kappa shape index (κ2) is 6.91. The van der Waals surface area contributed by atoms with E-state index in [2.05, 4.69) is 15.7 Å². The maximum atomic E-state index is 12.6. The molecule has 1 aliphatic heterocycles. The topological polar surface area (TPSA) is 79.3 Å². The Morgan fingerprint density at radius 3 is 2.82 bits per heavy atom. The van der Waals surface area contributed by atoms with Gasteiger partial charge in [0.2, 0.25) is 11.8 Å². The maximum Gasteiger partial charge on any atom is 0.239 e. The highest BCUT2D eigenvalue weighted by Crippen LogP contribution is 2.28. The SMILES string of the molecule is CC(C)NC(=O)CN(C)C(=O)[C@H]1CNC[C@@H]1c1cnn(C)c1. The smallest absolute Gasteiger partial charge is 0.239 e. The zero-order valence-electron chi connectivity index (χ0n) is 13.7. The summed E-state index contributed by atoms with van der Waals surface area (Å²) in [5.74, 6) is -0.176. The highest BCUT2D eigenvalue weighted by molar-refractivity contribution is 5.86. The van der Waals surface area contributed by atoms with Crippen molar-refractivity contribution in [2.75, 3.05) is 26.7 Å². The van der Waals surface area contributed by atoms with Crippen molar-refractivity contribution < 1.29 is 9.59 Å². The molecular weight excluding hydrogens is 282 g/mol. The molecule has 1 fully saturated rings. The zero-order chi connectivity index (χ0) is 16.3. The van der Waals surface area contributed by atoms with Gasteiger partial charge in [0.15, 0.2) is 0 Å². The molecule has 1 aromatic heterocycles. The van der Waals surface area contributed by atoms with Gasteiger partial charge in [-0.3, -0.25) is 14.3 Å². The van der Waals surface area contributed by atoms with Gasteiger partial charge < -0.3 is 15.5 Å². The van der Waals surface area contributed by atoms with Gasteiger partial charge >= 0.3 is 0 Å². The molecule has 1 saturated heterocycles. The summed E-state index contributed by atoms with van der Waals surface area (Å²) < 4.78 is 1.75. The van der Waals surface area contributed by atoms with Crippen molar-refractivity contribution >= 4 is 11.8 Å². The first-order valence-electron chi connectivity index (χ1n) is 7.62. The van der Waals surface area contributed by atoms with Gasteiger partial charge in [0, 0.05) is 45.3 Å². The molecule has 2 amide bonds. The van der Waals surface area contributed by atoms with Crippen molar-refractivity contribution in [3.05, 3.63) is 18.0 Å². The summed E-state index contributed by atoms with van der Waals surface area (Å²) in [4.78, 5) is 26.0. The third kappa shape index (κ3) is 3.85. The predicted molar refractivity (Wildman–Crippen MR) is 83.2 cm³/mol. The Morgan fingerprint density at radius 2 is 2.23 bits per heavy atom. The molecule has 0 saturated carbocycles. The number of nitrogens with zero attached hydrogens (tertiary/aromatic N) is 3. The van der Waals surface area contributed by atoms with Crippen molar-refractivity contribution in [1.29, 1.82) is 0 Å². The van der Waals surface area contributed by atoms with E-state index in [1.165, 1.54) is 4.90 Å². The lowest BCUT2D eigenvalue weighted by Crippen LogP contribution is -2.44. The fraction of sp³-hybridized carbons (Fsp3) is 0.667. The summed E-state index contributed by atoms with van der Waals surface area (Å²) in [6.07, 6.45) is 3.76. The van der Waals surface area contributed by atoms with Crippen LogP contribution in [0.25, 0.3) is 0 Å². The zero-order valence-corrected chi connectivity index (χ0v) is 13.7. The van der Waals surface area contributed by atoms with Gasteiger partial charge in [-0.1, -0.05) is 0 Å². The molecule has 7 nitrogen and oxygen atoms in total. The third-order valence-corrected chi connectivity index (χ3v) is 3.89. The fourth-order valence-electron chi connectivity index (χ4n) is 2.86. The van der Waals surface area contributed by atoms with E-state index in [-0.39, 0.29) is 36.2 Å². The predicted octanol–water partition coefficient (Wildman–Crippen LogP) is -0.294. The average Bonchev–Trinajstić information content (AvgIpc) is 3.04. The third-order valence-electron chi connectivity index (χ3n) is 3.89. The summed E-state index contributed by atoms with van der Waals surface area (Å²) in [6.45, 7) is 5.29. The monoisotopic (exact) mass is 307 g/mol. The number of nitrogens with one attached hydrogen (secondary N) is 2. The van der Waals surface area contributed by atoms with Crippen LogP contribution in [0.1, 0.15) is 25.3 Å².